The van der Waals surface area contributed by atoms with Gasteiger partial charge in [-0.3, -0.25) is 9.59 Å². The highest BCUT2D eigenvalue weighted by molar-refractivity contribution is 14.1. The van der Waals surface area contributed by atoms with Gasteiger partial charge in [0.05, 0.1) is 52.0 Å². The van der Waals surface area contributed by atoms with Crippen LogP contribution < -0.4 is 9.64 Å². The van der Waals surface area contributed by atoms with Crippen molar-refractivity contribution in [3.05, 3.63) is 67.3 Å². The van der Waals surface area contributed by atoms with Gasteiger partial charge in [0.15, 0.2) is 11.5 Å². The van der Waals surface area contributed by atoms with E-state index in [0.717, 1.165) is 11.1 Å². The van der Waals surface area contributed by atoms with Crippen LogP contribution in [0.2, 0.25) is 6.32 Å². The first kappa shape index (κ1) is 37.2. The van der Waals surface area contributed by atoms with Gasteiger partial charge in [0, 0.05) is 7.11 Å². The third-order valence-electron chi connectivity index (χ3n) is 9.28. The first-order valence-electron chi connectivity index (χ1n) is 15.5. The predicted octanol–water partition coefficient (Wildman–Crippen LogP) is 7.26. The number of alkyl halides is 6. The van der Waals surface area contributed by atoms with Crippen molar-refractivity contribution in [2.45, 2.75) is 57.4 Å². The molecule has 0 radical (unpaired) electrons. The monoisotopic (exact) mass is 807 g/mol. The van der Waals surface area contributed by atoms with Crippen LogP contribution in [-0.4, -0.2) is 56.0 Å². The molecule has 1 aliphatic carbocycles. The van der Waals surface area contributed by atoms with Gasteiger partial charge in [-0.2, -0.15) is 26.3 Å². The molecular formula is C33H33BF6INO7. The van der Waals surface area contributed by atoms with E-state index in [-0.39, 0.29) is 31.2 Å². The number of benzene rings is 2. The number of rotatable bonds is 9. The Kier molecular flexibility index (Phi) is 10.8. The number of aromatic hydroxyl groups is 1. The number of methoxy groups -OCH3 is 2. The zero-order chi connectivity index (χ0) is 36.0. The number of nitrogens with zero attached hydrogens (tertiary/aromatic N) is 1. The predicted molar refractivity (Wildman–Crippen MR) is 175 cm³/mol. The van der Waals surface area contributed by atoms with Gasteiger partial charge in [0.2, 0.25) is 11.8 Å². The van der Waals surface area contributed by atoms with Crippen molar-refractivity contribution in [1.29, 1.82) is 0 Å². The van der Waals surface area contributed by atoms with Crippen molar-refractivity contribution >= 4 is 53.3 Å². The van der Waals surface area contributed by atoms with E-state index in [4.69, 9.17) is 14.1 Å². The Morgan fingerprint density at radius 2 is 1.69 bits per heavy atom. The highest BCUT2D eigenvalue weighted by Crippen LogP contribution is 2.52. The van der Waals surface area contributed by atoms with E-state index in [1.807, 2.05) is 35.6 Å². The van der Waals surface area contributed by atoms with Gasteiger partial charge >= 0.3 is 19.5 Å². The van der Waals surface area contributed by atoms with Gasteiger partial charge in [0.25, 0.3) is 0 Å². The first-order valence-corrected chi connectivity index (χ1v) is 16.5. The van der Waals surface area contributed by atoms with Gasteiger partial charge < -0.3 is 24.3 Å². The molecule has 16 heteroatoms. The number of halogens is 7. The molecule has 0 saturated carbocycles. The summed E-state index contributed by atoms with van der Waals surface area (Å²) in [6.45, 7) is 2.00. The number of anilines is 1. The maximum absolute atomic E-state index is 14.0. The number of hydrogen-bond donors (Lipinski definition) is 2. The topological polar surface area (TPSA) is 106 Å². The third-order valence-corrected chi connectivity index (χ3v) is 10.1. The minimum Gasteiger partial charge on any atom is -0.504 e. The number of amides is 2. The van der Waals surface area contributed by atoms with Gasteiger partial charge in [-0.1, -0.05) is 18.6 Å². The van der Waals surface area contributed by atoms with Crippen LogP contribution in [0.25, 0.3) is 6.08 Å². The molecule has 2 heterocycles. The summed E-state index contributed by atoms with van der Waals surface area (Å²) in [4.78, 5) is 28.1. The molecule has 49 heavy (non-hydrogen) atoms. The van der Waals surface area contributed by atoms with Gasteiger partial charge in [0.1, 0.15) is 0 Å². The van der Waals surface area contributed by atoms with Crippen LogP contribution in [0, 0.1) is 21.3 Å². The molecule has 2 aromatic rings. The molecule has 0 unspecified atom stereocenters. The van der Waals surface area contributed by atoms with Gasteiger partial charge in [-0.05, 0) is 108 Å². The molecule has 0 bridgehead atoms. The molecule has 0 spiro atoms. The van der Waals surface area contributed by atoms with E-state index in [9.17, 15) is 46.1 Å². The van der Waals surface area contributed by atoms with Crippen molar-refractivity contribution in [3.63, 3.8) is 0 Å². The molecule has 2 fully saturated rings. The maximum Gasteiger partial charge on any atom is 0.455 e. The number of phenolic OH excluding ortho intramolecular Hbond substituents is 1. The van der Waals surface area contributed by atoms with E-state index in [1.165, 1.54) is 14.2 Å². The number of ether oxygens (including phenoxy) is 2. The van der Waals surface area contributed by atoms with Crippen molar-refractivity contribution in [2.24, 2.45) is 17.8 Å². The summed E-state index contributed by atoms with van der Waals surface area (Å²) in [5.74, 6) is -4.51. The number of allylic oxidation sites excluding steroid dienone is 1. The summed E-state index contributed by atoms with van der Waals surface area (Å²) in [6.07, 6.45) is -7.76. The van der Waals surface area contributed by atoms with E-state index >= 15 is 0 Å². The molecule has 264 valence electrons. The number of carbonyl (C=O) groups excluding carboxylic acids is 2. The van der Waals surface area contributed by atoms with Crippen LogP contribution in [0.4, 0.5) is 32.0 Å². The van der Waals surface area contributed by atoms with Crippen LogP contribution in [-0.2, 0) is 31.3 Å². The molecule has 5 rings (SSSR count). The van der Waals surface area contributed by atoms with Crippen LogP contribution in [0.5, 0.6) is 11.5 Å². The van der Waals surface area contributed by atoms with Gasteiger partial charge in [-0.25, -0.2) is 4.90 Å². The quantitative estimate of drug-likeness (QED) is 0.0904. The molecule has 3 aliphatic rings. The number of phenols is 1. The van der Waals surface area contributed by atoms with E-state index in [0.29, 0.717) is 56.8 Å². The second-order valence-corrected chi connectivity index (χ2v) is 13.4. The van der Waals surface area contributed by atoms with Crippen LogP contribution in [0.3, 0.4) is 0 Å². The maximum atomic E-state index is 14.0. The lowest BCUT2D eigenvalue weighted by Gasteiger charge is -2.43. The molecule has 2 aliphatic heterocycles. The summed E-state index contributed by atoms with van der Waals surface area (Å²) in [5.41, 5.74) is -1.04. The molecule has 2 saturated heterocycles. The second kappa shape index (κ2) is 14.3. The number of imide groups is 1. The smallest absolute Gasteiger partial charge is 0.455 e. The SMILES string of the molecule is CC/C(=C\c1cc(I)c(O)c(OC)c1)CC[C@H]1OB(O)C[C@H]2C1=C(COC)C[C@H]1C(=O)N(c3cc(C(F)(F)F)cc(C(F)(F)F)c3)C(=O)[C@H]12. The lowest BCUT2D eigenvalue weighted by atomic mass is 9.58. The third kappa shape index (κ3) is 7.52. The van der Waals surface area contributed by atoms with E-state index in [1.54, 1.807) is 12.1 Å². The van der Waals surface area contributed by atoms with Crippen molar-refractivity contribution < 1.29 is 60.2 Å². The minimum absolute atomic E-state index is 0.0192. The summed E-state index contributed by atoms with van der Waals surface area (Å²) >= 11 is 2.00. The Morgan fingerprint density at radius 1 is 1.04 bits per heavy atom. The van der Waals surface area contributed by atoms with Crippen LogP contribution in [0.1, 0.15) is 49.3 Å². The molecule has 8 nitrogen and oxygen atoms in total. The summed E-state index contributed by atoms with van der Waals surface area (Å²) in [7, 11) is 1.53. The largest absolute Gasteiger partial charge is 0.504 e. The highest BCUT2D eigenvalue weighted by atomic mass is 127. The second-order valence-electron chi connectivity index (χ2n) is 12.3. The van der Waals surface area contributed by atoms with Crippen LogP contribution >= 0.6 is 22.6 Å². The van der Waals surface area contributed by atoms with Crippen molar-refractivity contribution in [2.75, 3.05) is 25.7 Å². The molecule has 2 amide bonds. The van der Waals surface area contributed by atoms with Crippen LogP contribution in [0.15, 0.2) is 47.1 Å². The minimum atomic E-state index is -5.18. The fraction of sp³-hybridized carbons (Fsp3) is 0.455. The Hall–Kier alpha value is -3.09. The molecule has 4 atom stereocenters. The fourth-order valence-electron chi connectivity index (χ4n) is 7.13. The Balaban J connectivity index is 1.48. The summed E-state index contributed by atoms with van der Waals surface area (Å²) in [5, 5.41) is 21.0. The summed E-state index contributed by atoms with van der Waals surface area (Å²) in [6, 6.07) is 4.17. The fourth-order valence-corrected chi connectivity index (χ4v) is 7.75. The zero-order valence-corrected chi connectivity index (χ0v) is 28.8. The average molecular weight is 807 g/mol. The van der Waals surface area contributed by atoms with E-state index in [2.05, 4.69) is 0 Å². The van der Waals surface area contributed by atoms with Crippen molar-refractivity contribution in [1.82, 2.24) is 0 Å². The number of fused-ring (bicyclic) bond motifs is 3. The zero-order valence-electron chi connectivity index (χ0n) is 26.6. The lowest BCUT2D eigenvalue weighted by Crippen LogP contribution is -2.46. The van der Waals surface area contributed by atoms with Gasteiger partial charge in [-0.15, -0.1) is 0 Å². The number of hydrogen-bond acceptors (Lipinski definition) is 7. The number of carbonyl (C=O) groups is 2. The lowest BCUT2D eigenvalue weighted by molar-refractivity contribution is -0.143. The summed E-state index contributed by atoms with van der Waals surface area (Å²) < 4.78 is 99.2. The molecule has 2 aromatic carbocycles. The molecule has 2 N–H and O–H groups in total. The van der Waals surface area contributed by atoms with E-state index < -0.39 is 72.0 Å². The Morgan fingerprint density at radius 3 is 2.27 bits per heavy atom. The Labute approximate surface area is 292 Å². The standard InChI is InChI=1S/C33H33BF6INO7/c1-4-16(7-17-8-24(41)29(43)26(9-17)48-3)5-6-25-27-18(15-47-2)10-22-28(23(27)14-34(46)49-25)31(45)42(30(22)44)21-12-19(32(35,36)37)11-20(13-21)33(38,39)40/h7-9,11-13,22-23,25,28,43,46H,4-6,10,14-15H2,1-3H3/b16-7+/t22-,23+,25-,28-/m1/s1. The van der Waals surface area contributed by atoms with Crippen molar-refractivity contribution in [3.8, 4) is 11.5 Å². The average Bonchev–Trinajstić information content (AvgIpc) is 3.28. The first-order chi connectivity index (χ1) is 23.0. The normalized spacial score (nSPS) is 23.3. The molecular weight excluding hydrogens is 774 g/mol. The highest BCUT2D eigenvalue weighted by Gasteiger charge is 2.58. The molecule has 0 aromatic heterocycles. The Bertz CT molecular complexity index is 1660.